The smallest absolute Gasteiger partial charge is 0.323 e. The Morgan fingerprint density at radius 3 is 2.66 bits per heavy atom. The van der Waals surface area contributed by atoms with Gasteiger partial charge in [-0.3, -0.25) is 14.5 Å². The van der Waals surface area contributed by atoms with Crippen LogP contribution >= 0.6 is 0 Å². The van der Waals surface area contributed by atoms with Crippen LogP contribution < -0.4 is 10.6 Å². The third-order valence-electron chi connectivity index (χ3n) is 5.65. The molecule has 1 aliphatic heterocycles. The molecule has 29 heavy (non-hydrogen) atoms. The third-order valence-corrected chi connectivity index (χ3v) is 5.65. The van der Waals surface area contributed by atoms with E-state index in [0.29, 0.717) is 31.6 Å². The van der Waals surface area contributed by atoms with Gasteiger partial charge in [0, 0.05) is 19.0 Å². The molecule has 1 aromatic heterocycles. The first kappa shape index (κ1) is 19.2. The zero-order chi connectivity index (χ0) is 20.3. The fourth-order valence-electron chi connectivity index (χ4n) is 4.12. The first-order valence-corrected chi connectivity index (χ1v) is 10.1. The molecule has 2 N–H and O–H groups in total. The van der Waals surface area contributed by atoms with E-state index in [9.17, 15) is 14.4 Å². The third kappa shape index (κ3) is 4.01. The van der Waals surface area contributed by atoms with E-state index in [1.807, 2.05) is 30.3 Å². The molecular weight excluding hydrogens is 370 g/mol. The van der Waals surface area contributed by atoms with Gasteiger partial charge in [0.2, 0.25) is 5.91 Å². The molecule has 1 saturated heterocycles. The lowest BCUT2D eigenvalue weighted by Crippen LogP contribution is -2.44. The zero-order valence-corrected chi connectivity index (χ0v) is 16.3. The van der Waals surface area contributed by atoms with Gasteiger partial charge in [-0.05, 0) is 24.8 Å². The van der Waals surface area contributed by atoms with Gasteiger partial charge < -0.3 is 10.6 Å². The maximum absolute atomic E-state index is 12.6. The number of hydrogen-bond acceptors (Lipinski definition) is 4. The van der Waals surface area contributed by atoms with Crippen molar-refractivity contribution in [2.24, 2.45) is 0 Å². The molecule has 2 fully saturated rings. The summed E-state index contributed by atoms with van der Waals surface area (Å²) in [5, 5.41) is 9.99. The van der Waals surface area contributed by atoms with Crippen LogP contribution in [0.25, 0.3) is 0 Å². The summed E-state index contributed by atoms with van der Waals surface area (Å²) in [5.74, 6) is 0.322. The number of nitrogens with one attached hydrogen (secondary N) is 2. The number of carbonyl (C=O) groups is 3. The molecule has 1 saturated carbocycles. The van der Waals surface area contributed by atoms with Crippen molar-refractivity contribution in [3.63, 3.8) is 0 Å². The van der Waals surface area contributed by atoms with Crippen molar-refractivity contribution >= 4 is 23.7 Å². The van der Waals surface area contributed by atoms with Gasteiger partial charge in [-0.1, -0.05) is 43.2 Å². The number of rotatable bonds is 7. The number of amides is 4. The van der Waals surface area contributed by atoms with Crippen molar-refractivity contribution in [2.75, 3.05) is 11.9 Å². The molecule has 8 nitrogen and oxygen atoms in total. The van der Waals surface area contributed by atoms with Crippen molar-refractivity contribution in [1.82, 2.24) is 20.0 Å². The second kappa shape index (κ2) is 8.06. The standard InChI is InChI=1S/C21H25N5O3/c27-18(23-17-10-13-22-26(17)15-16-7-2-1-3-8-16)9-6-14-25-19(28)21(24-20(25)29)11-4-5-12-21/h1-3,7-8,10,13H,4-6,9,11-12,14-15H2,(H,23,27)(H,24,29). The predicted octanol–water partition coefficient (Wildman–Crippen LogP) is 2.51. The highest BCUT2D eigenvalue weighted by Crippen LogP contribution is 2.35. The molecule has 2 aliphatic rings. The topological polar surface area (TPSA) is 96.3 Å². The van der Waals surface area contributed by atoms with E-state index in [0.717, 1.165) is 18.4 Å². The highest BCUT2D eigenvalue weighted by molar-refractivity contribution is 6.07. The van der Waals surface area contributed by atoms with Crippen LogP contribution in [-0.4, -0.2) is 44.6 Å². The minimum Gasteiger partial charge on any atom is -0.323 e. The van der Waals surface area contributed by atoms with Crippen LogP contribution in [0.5, 0.6) is 0 Å². The van der Waals surface area contributed by atoms with Crippen molar-refractivity contribution in [3.8, 4) is 0 Å². The number of nitrogens with zero attached hydrogens (tertiary/aromatic N) is 3. The van der Waals surface area contributed by atoms with Gasteiger partial charge in [-0.15, -0.1) is 0 Å². The summed E-state index contributed by atoms with van der Waals surface area (Å²) in [6.45, 7) is 0.817. The summed E-state index contributed by atoms with van der Waals surface area (Å²) in [6.07, 6.45) is 5.62. The monoisotopic (exact) mass is 395 g/mol. The Morgan fingerprint density at radius 1 is 1.14 bits per heavy atom. The van der Waals surface area contributed by atoms with Gasteiger partial charge in [-0.25, -0.2) is 9.48 Å². The van der Waals surface area contributed by atoms with Crippen LogP contribution in [0.3, 0.4) is 0 Å². The molecule has 4 rings (SSSR count). The van der Waals surface area contributed by atoms with E-state index in [2.05, 4.69) is 15.7 Å². The number of urea groups is 1. The van der Waals surface area contributed by atoms with Crippen molar-refractivity contribution in [3.05, 3.63) is 48.2 Å². The van der Waals surface area contributed by atoms with Gasteiger partial charge in [0.05, 0.1) is 12.7 Å². The van der Waals surface area contributed by atoms with Gasteiger partial charge >= 0.3 is 6.03 Å². The molecule has 1 spiro atoms. The van der Waals surface area contributed by atoms with E-state index in [1.165, 1.54) is 4.90 Å². The Morgan fingerprint density at radius 2 is 1.90 bits per heavy atom. The van der Waals surface area contributed by atoms with Gasteiger partial charge in [0.15, 0.2) is 0 Å². The molecule has 2 heterocycles. The highest BCUT2D eigenvalue weighted by Gasteiger charge is 2.51. The Hall–Kier alpha value is -3.16. The number of carbonyl (C=O) groups excluding carboxylic acids is 3. The zero-order valence-electron chi connectivity index (χ0n) is 16.3. The summed E-state index contributed by atoms with van der Waals surface area (Å²) < 4.78 is 1.73. The van der Waals surface area contributed by atoms with Gasteiger partial charge in [0.1, 0.15) is 11.4 Å². The van der Waals surface area contributed by atoms with Crippen molar-refractivity contribution < 1.29 is 14.4 Å². The van der Waals surface area contributed by atoms with E-state index >= 15 is 0 Å². The molecule has 0 atom stereocenters. The summed E-state index contributed by atoms with van der Waals surface area (Å²) in [4.78, 5) is 38.4. The quantitative estimate of drug-likeness (QED) is 0.704. The first-order valence-electron chi connectivity index (χ1n) is 10.1. The lowest BCUT2D eigenvalue weighted by atomic mass is 9.98. The maximum atomic E-state index is 12.6. The van der Waals surface area contributed by atoms with Crippen molar-refractivity contribution in [2.45, 2.75) is 50.6 Å². The Balaban J connectivity index is 1.28. The maximum Gasteiger partial charge on any atom is 0.325 e. The van der Waals surface area contributed by atoms with E-state index in [4.69, 9.17) is 0 Å². The van der Waals surface area contributed by atoms with Crippen LogP contribution in [0.2, 0.25) is 0 Å². The SMILES string of the molecule is O=C(CCCN1C(=O)NC2(CCCC2)C1=O)Nc1ccnn1Cc1ccccc1. The van der Waals surface area contributed by atoms with Crippen LogP contribution in [0.15, 0.2) is 42.6 Å². The van der Waals surface area contributed by atoms with Gasteiger partial charge in [0.25, 0.3) is 5.91 Å². The van der Waals surface area contributed by atoms with Crippen LogP contribution in [0.1, 0.15) is 44.1 Å². The van der Waals surface area contributed by atoms with Gasteiger partial charge in [-0.2, -0.15) is 5.10 Å². The molecule has 8 heteroatoms. The Bertz CT molecular complexity index is 902. The van der Waals surface area contributed by atoms with E-state index in [-0.39, 0.29) is 30.8 Å². The number of aromatic nitrogens is 2. The number of anilines is 1. The Labute approximate surface area is 169 Å². The Kier molecular flexibility index (Phi) is 5.33. The molecule has 2 aromatic rings. The summed E-state index contributed by atoms with van der Waals surface area (Å²) >= 11 is 0. The normalized spacial score (nSPS) is 17.7. The fourth-order valence-corrected chi connectivity index (χ4v) is 4.12. The minimum absolute atomic E-state index is 0.138. The second-order valence-electron chi connectivity index (χ2n) is 7.69. The molecule has 0 radical (unpaired) electrons. The molecule has 1 aliphatic carbocycles. The van der Waals surface area contributed by atoms with E-state index in [1.54, 1.807) is 16.9 Å². The van der Waals surface area contributed by atoms with E-state index < -0.39 is 5.54 Å². The predicted molar refractivity (Wildman–Crippen MR) is 107 cm³/mol. The van der Waals surface area contributed by atoms with Crippen LogP contribution in [0.4, 0.5) is 10.6 Å². The molecule has 152 valence electrons. The molecule has 0 unspecified atom stereocenters. The fraction of sp³-hybridized carbons (Fsp3) is 0.429. The number of benzene rings is 1. The molecular formula is C21H25N5O3. The number of imide groups is 1. The average molecular weight is 395 g/mol. The average Bonchev–Trinajstić information content (AvgIpc) is 3.41. The molecule has 0 bridgehead atoms. The first-order chi connectivity index (χ1) is 14.1. The second-order valence-corrected chi connectivity index (χ2v) is 7.69. The van der Waals surface area contributed by atoms with Crippen molar-refractivity contribution in [1.29, 1.82) is 0 Å². The highest BCUT2D eigenvalue weighted by atomic mass is 16.2. The largest absolute Gasteiger partial charge is 0.325 e. The summed E-state index contributed by atoms with van der Waals surface area (Å²) in [7, 11) is 0. The molecule has 4 amide bonds. The lowest BCUT2D eigenvalue weighted by Gasteiger charge is -2.19. The number of hydrogen-bond donors (Lipinski definition) is 2. The minimum atomic E-state index is -0.691. The summed E-state index contributed by atoms with van der Waals surface area (Å²) in [5.41, 5.74) is 0.398. The van der Waals surface area contributed by atoms with Crippen LogP contribution in [-0.2, 0) is 16.1 Å². The lowest BCUT2D eigenvalue weighted by molar-refractivity contribution is -0.131. The summed E-state index contributed by atoms with van der Waals surface area (Å²) in [6, 6.07) is 11.3. The molecule has 1 aromatic carbocycles. The van der Waals surface area contributed by atoms with Crippen LogP contribution in [0, 0.1) is 0 Å².